The predicted molar refractivity (Wildman–Crippen MR) is 72.1 cm³/mol. The first-order valence-electron chi connectivity index (χ1n) is 6.41. The Morgan fingerprint density at radius 3 is 2.89 bits per heavy atom. The van der Waals surface area contributed by atoms with E-state index in [2.05, 4.69) is 5.32 Å². The number of urea groups is 1. The second kappa shape index (κ2) is 5.73. The van der Waals surface area contributed by atoms with Crippen molar-refractivity contribution >= 4 is 17.7 Å². The Kier molecular flexibility index (Phi) is 4.04. The summed E-state index contributed by atoms with van der Waals surface area (Å²) in [5.74, 6) is -1.27. The molecule has 1 aromatic rings. The average molecular weight is 262 g/mol. The van der Waals surface area contributed by atoms with Gasteiger partial charge in [-0.05, 0) is 37.5 Å². The maximum atomic E-state index is 12.1. The minimum atomic E-state index is -0.826. The van der Waals surface area contributed by atoms with Crippen molar-refractivity contribution in [2.45, 2.75) is 19.8 Å². The SMILES string of the molecule is Cc1cccc(NC(=O)N2CCCC(C(=O)O)C2)c1. The van der Waals surface area contributed by atoms with Crippen LogP contribution in [-0.4, -0.2) is 35.1 Å². The standard InChI is InChI=1S/C14H18N2O3/c1-10-4-2-6-12(8-10)15-14(19)16-7-3-5-11(9-16)13(17)18/h2,4,6,8,11H,3,5,7,9H2,1H3,(H,15,19)(H,17,18). The van der Waals surface area contributed by atoms with Crippen LogP contribution in [0, 0.1) is 12.8 Å². The highest BCUT2D eigenvalue weighted by atomic mass is 16.4. The first kappa shape index (κ1) is 13.4. The van der Waals surface area contributed by atoms with Crippen LogP contribution in [0.1, 0.15) is 18.4 Å². The number of carboxylic acids is 1. The van der Waals surface area contributed by atoms with Gasteiger partial charge in [-0.3, -0.25) is 4.79 Å². The number of carbonyl (C=O) groups is 2. The van der Waals surface area contributed by atoms with Gasteiger partial charge in [-0.15, -0.1) is 0 Å². The second-order valence-electron chi connectivity index (χ2n) is 4.92. The van der Waals surface area contributed by atoms with E-state index in [9.17, 15) is 9.59 Å². The lowest BCUT2D eigenvalue weighted by Crippen LogP contribution is -2.44. The van der Waals surface area contributed by atoms with Crippen LogP contribution in [0.3, 0.4) is 0 Å². The van der Waals surface area contributed by atoms with E-state index in [4.69, 9.17) is 5.11 Å². The molecule has 1 fully saturated rings. The number of carboxylic acid groups (broad SMARTS) is 1. The van der Waals surface area contributed by atoms with Crippen LogP contribution >= 0.6 is 0 Å². The Hall–Kier alpha value is -2.04. The van der Waals surface area contributed by atoms with E-state index in [-0.39, 0.29) is 12.6 Å². The monoisotopic (exact) mass is 262 g/mol. The number of carbonyl (C=O) groups excluding carboxylic acids is 1. The molecular weight excluding hydrogens is 244 g/mol. The third kappa shape index (κ3) is 3.47. The van der Waals surface area contributed by atoms with Crippen molar-refractivity contribution in [3.8, 4) is 0 Å². The summed E-state index contributed by atoms with van der Waals surface area (Å²) in [4.78, 5) is 24.6. The number of amides is 2. The molecule has 5 heteroatoms. The van der Waals surface area contributed by atoms with Crippen LogP contribution in [-0.2, 0) is 4.79 Å². The smallest absolute Gasteiger partial charge is 0.321 e. The molecule has 1 aliphatic rings. The number of aliphatic carboxylic acids is 1. The minimum Gasteiger partial charge on any atom is -0.481 e. The van der Waals surface area contributed by atoms with Gasteiger partial charge in [0.2, 0.25) is 0 Å². The van der Waals surface area contributed by atoms with Crippen molar-refractivity contribution in [1.29, 1.82) is 0 Å². The molecule has 0 aliphatic carbocycles. The van der Waals surface area contributed by atoms with Gasteiger partial charge in [0, 0.05) is 18.8 Å². The van der Waals surface area contributed by atoms with Gasteiger partial charge in [-0.1, -0.05) is 12.1 Å². The van der Waals surface area contributed by atoms with E-state index >= 15 is 0 Å². The molecule has 0 aromatic heterocycles. The second-order valence-corrected chi connectivity index (χ2v) is 4.92. The Bertz CT molecular complexity index is 487. The lowest BCUT2D eigenvalue weighted by atomic mass is 9.99. The fourth-order valence-electron chi connectivity index (χ4n) is 2.29. The Morgan fingerprint density at radius 1 is 1.42 bits per heavy atom. The van der Waals surface area contributed by atoms with E-state index in [1.165, 1.54) is 0 Å². The molecule has 0 saturated carbocycles. The Morgan fingerprint density at radius 2 is 2.21 bits per heavy atom. The van der Waals surface area contributed by atoms with Crippen molar-refractivity contribution < 1.29 is 14.7 Å². The summed E-state index contributed by atoms with van der Waals surface area (Å²) in [6.45, 7) is 2.85. The Balaban J connectivity index is 1.98. The number of likely N-dealkylation sites (tertiary alicyclic amines) is 1. The fourth-order valence-corrected chi connectivity index (χ4v) is 2.29. The van der Waals surface area contributed by atoms with Gasteiger partial charge in [0.1, 0.15) is 0 Å². The van der Waals surface area contributed by atoms with E-state index in [0.29, 0.717) is 13.0 Å². The van der Waals surface area contributed by atoms with Gasteiger partial charge in [-0.2, -0.15) is 0 Å². The molecule has 2 N–H and O–H groups in total. The molecule has 0 bridgehead atoms. The molecule has 1 atom stereocenters. The number of hydrogen-bond acceptors (Lipinski definition) is 2. The largest absolute Gasteiger partial charge is 0.481 e. The van der Waals surface area contributed by atoms with Crippen LogP contribution in [0.5, 0.6) is 0 Å². The third-order valence-corrected chi connectivity index (χ3v) is 3.33. The van der Waals surface area contributed by atoms with Crippen molar-refractivity contribution in [2.75, 3.05) is 18.4 Å². The molecule has 2 amide bonds. The number of benzene rings is 1. The third-order valence-electron chi connectivity index (χ3n) is 3.33. The van der Waals surface area contributed by atoms with E-state index in [1.54, 1.807) is 4.90 Å². The van der Waals surface area contributed by atoms with Gasteiger partial charge in [0.15, 0.2) is 0 Å². The van der Waals surface area contributed by atoms with Crippen molar-refractivity contribution in [1.82, 2.24) is 4.90 Å². The normalized spacial score (nSPS) is 19.0. The van der Waals surface area contributed by atoms with E-state index in [1.807, 2.05) is 31.2 Å². The number of nitrogens with zero attached hydrogens (tertiary/aromatic N) is 1. The zero-order chi connectivity index (χ0) is 13.8. The quantitative estimate of drug-likeness (QED) is 0.859. The van der Waals surface area contributed by atoms with Gasteiger partial charge >= 0.3 is 12.0 Å². The van der Waals surface area contributed by atoms with E-state index < -0.39 is 11.9 Å². The number of rotatable bonds is 2. The van der Waals surface area contributed by atoms with Crippen LogP contribution in [0.2, 0.25) is 0 Å². The van der Waals surface area contributed by atoms with Crippen LogP contribution in [0.15, 0.2) is 24.3 Å². The molecule has 1 heterocycles. The highest BCUT2D eigenvalue weighted by molar-refractivity contribution is 5.89. The molecule has 1 unspecified atom stereocenters. The molecule has 1 aliphatic heterocycles. The molecule has 102 valence electrons. The molecule has 2 rings (SSSR count). The van der Waals surface area contributed by atoms with Gasteiger partial charge in [0.05, 0.1) is 5.92 Å². The molecule has 1 aromatic carbocycles. The molecule has 0 spiro atoms. The summed E-state index contributed by atoms with van der Waals surface area (Å²) in [7, 11) is 0. The number of hydrogen-bond donors (Lipinski definition) is 2. The van der Waals surface area contributed by atoms with Gasteiger partial charge in [-0.25, -0.2) is 4.79 Å². The first-order chi connectivity index (χ1) is 9.06. The van der Waals surface area contributed by atoms with E-state index in [0.717, 1.165) is 17.7 Å². The number of piperidine rings is 1. The number of nitrogens with one attached hydrogen (secondary N) is 1. The Labute approximate surface area is 112 Å². The van der Waals surface area contributed by atoms with Gasteiger partial charge < -0.3 is 15.3 Å². The summed E-state index contributed by atoms with van der Waals surface area (Å²) >= 11 is 0. The fraction of sp³-hybridized carbons (Fsp3) is 0.429. The molecule has 0 radical (unpaired) electrons. The molecule has 19 heavy (non-hydrogen) atoms. The minimum absolute atomic E-state index is 0.225. The van der Waals surface area contributed by atoms with Crippen molar-refractivity contribution in [3.05, 3.63) is 29.8 Å². The van der Waals surface area contributed by atoms with Crippen LogP contribution in [0.25, 0.3) is 0 Å². The first-order valence-corrected chi connectivity index (χ1v) is 6.41. The average Bonchev–Trinajstić information content (AvgIpc) is 2.39. The molecule has 5 nitrogen and oxygen atoms in total. The lowest BCUT2D eigenvalue weighted by molar-refractivity contribution is -0.143. The number of aryl methyl sites for hydroxylation is 1. The summed E-state index contributed by atoms with van der Waals surface area (Å²) in [5.41, 5.74) is 1.81. The highest BCUT2D eigenvalue weighted by Crippen LogP contribution is 2.18. The summed E-state index contributed by atoms with van der Waals surface area (Å²) in [5, 5.41) is 11.8. The van der Waals surface area contributed by atoms with Crippen molar-refractivity contribution in [3.63, 3.8) is 0 Å². The predicted octanol–water partition coefficient (Wildman–Crippen LogP) is 2.32. The topological polar surface area (TPSA) is 69.6 Å². The maximum absolute atomic E-state index is 12.1. The highest BCUT2D eigenvalue weighted by Gasteiger charge is 2.28. The summed E-state index contributed by atoms with van der Waals surface area (Å²) < 4.78 is 0. The zero-order valence-corrected chi connectivity index (χ0v) is 10.9. The zero-order valence-electron chi connectivity index (χ0n) is 10.9. The summed E-state index contributed by atoms with van der Waals surface area (Å²) in [6, 6.07) is 7.31. The molecule has 1 saturated heterocycles. The van der Waals surface area contributed by atoms with Crippen molar-refractivity contribution in [2.24, 2.45) is 5.92 Å². The summed E-state index contributed by atoms with van der Waals surface area (Å²) in [6.07, 6.45) is 1.38. The number of anilines is 1. The molecular formula is C14H18N2O3. The van der Waals surface area contributed by atoms with Crippen LogP contribution in [0.4, 0.5) is 10.5 Å². The maximum Gasteiger partial charge on any atom is 0.321 e. The van der Waals surface area contributed by atoms with Crippen LogP contribution < -0.4 is 5.32 Å². The van der Waals surface area contributed by atoms with Gasteiger partial charge in [0.25, 0.3) is 0 Å². The lowest BCUT2D eigenvalue weighted by Gasteiger charge is -2.30.